The predicted octanol–water partition coefficient (Wildman–Crippen LogP) is 4.14. The molecule has 1 N–H and O–H groups in total. The van der Waals surface area contributed by atoms with Gasteiger partial charge in [-0.3, -0.25) is 4.79 Å². The Morgan fingerprint density at radius 3 is 2.66 bits per heavy atom. The summed E-state index contributed by atoms with van der Waals surface area (Å²) >= 11 is 0. The average molecular weight is 441 g/mol. The number of carbonyl (C=O) groups excluding carboxylic acids is 1. The SMILES string of the molecule is CN(C)c1ncc(-c2ccccc2F)c([C@H]2CCCN(C(=O)CC3(O)CCCCC3)C2)n1. The number of aromatic nitrogens is 2. The van der Waals surface area contributed by atoms with E-state index in [1.807, 2.05) is 30.0 Å². The number of piperidine rings is 1. The maximum Gasteiger partial charge on any atom is 0.225 e. The highest BCUT2D eigenvalue weighted by atomic mass is 19.1. The lowest BCUT2D eigenvalue weighted by atomic mass is 9.82. The summed E-state index contributed by atoms with van der Waals surface area (Å²) in [5, 5.41) is 10.9. The van der Waals surface area contributed by atoms with Gasteiger partial charge in [0.1, 0.15) is 5.82 Å². The predicted molar refractivity (Wildman–Crippen MR) is 123 cm³/mol. The molecule has 1 saturated carbocycles. The molecule has 1 aliphatic carbocycles. The van der Waals surface area contributed by atoms with E-state index in [0.29, 0.717) is 43.0 Å². The molecule has 1 aliphatic heterocycles. The van der Waals surface area contributed by atoms with Gasteiger partial charge in [-0.15, -0.1) is 0 Å². The third-order valence-electron chi connectivity index (χ3n) is 6.79. The topological polar surface area (TPSA) is 69.6 Å². The molecule has 0 bridgehead atoms. The maximum absolute atomic E-state index is 14.6. The van der Waals surface area contributed by atoms with Gasteiger partial charge < -0.3 is 14.9 Å². The van der Waals surface area contributed by atoms with Crippen LogP contribution in [0.15, 0.2) is 30.5 Å². The van der Waals surface area contributed by atoms with E-state index in [1.165, 1.54) is 6.07 Å². The highest BCUT2D eigenvalue weighted by molar-refractivity contribution is 5.77. The van der Waals surface area contributed by atoms with Crippen LogP contribution in [0.1, 0.15) is 63.0 Å². The van der Waals surface area contributed by atoms with Gasteiger partial charge in [0.05, 0.1) is 17.7 Å². The number of amides is 1. The number of halogens is 1. The molecule has 1 saturated heterocycles. The van der Waals surface area contributed by atoms with Crippen molar-refractivity contribution in [3.63, 3.8) is 0 Å². The van der Waals surface area contributed by atoms with Crippen LogP contribution < -0.4 is 4.90 Å². The van der Waals surface area contributed by atoms with Crippen LogP contribution in [0, 0.1) is 5.82 Å². The molecule has 32 heavy (non-hydrogen) atoms. The fourth-order valence-electron chi connectivity index (χ4n) is 5.01. The van der Waals surface area contributed by atoms with Crippen molar-refractivity contribution in [3.05, 3.63) is 42.0 Å². The Labute approximate surface area is 189 Å². The minimum atomic E-state index is -0.867. The van der Waals surface area contributed by atoms with Crippen molar-refractivity contribution in [2.75, 3.05) is 32.1 Å². The molecule has 2 aliphatic rings. The number of rotatable bonds is 5. The van der Waals surface area contributed by atoms with Crippen molar-refractivity contribution >= 4 is 11.9 Å². The molecule has 1 aromatic carbocycles. The molecular formula is C25H33FN4O2. The summed E-state index contributed by atoms with van der Waals surface area (Å²) in [6.07, 6.45) is 8.10. The molecule has 6 nitrogen and oxygen atoms in total. The Hall–Kier alpha value is -2.54. The van der Waals surface area contributed by atoms with Crippen molar-refractivity contribution in [2.24, 2.45) is 0 Å². The number of benzene rings is 1. The molecule has 0 radical (unpaired) electrons. The lowest BCUT2D eigenvalue weighted by molar-refractivity contribution is -0.139. The van der Waals surface area contributed by atoms with Gasteiger partial charge >= 0.3 is 0 Å². The Morgan fingerprint density at radius 2 is 1.94 bits per heavy atom. The first-order valence-electron chi connectivity index (χ1n) is 11.7. The van der Waals surface area contributed by atoms with Crippen LogP contribution in [0.4, 0.5) is 10.3 Å². The lowest BCUT2D eigenvalue weighted by Gasteiger charge is -2.37. The Kier molecular flexibility index (Phi) is 6.74. The van der Waals surface area contributed by atoms with E-state index in [9.17, 15) is 14.3 Å². The van der Waals surface area contributed by atoms with E-state index in [-0.39, 0.29) is 24.1 Å². The molecule has 2 fully saturated rings. The molecule has 7 heteroatoms. The number of likely N-dealkylation sites (tertiary alicyclic amines) is 1. The van der Waals surface area contributed by atoms with Crippen LogP contribution in [0.25, 0.3) is 11.1 Å². The Balaban J connectivity index is 1.60. The molecule has 2 aromatic rings. The largest absolute Gasteiger partial charge is 0.389 e. The average Bonchev–Trinajstić information content (AvgIpc) is 2.79. The van der Waals surface area contributed by atoms with Gasteiger partial charge in [0.15, 0.2) is 0 Å². The van der Waals surface area contributed by atoms with Crippen molar-refractivity contribution in [2.45, 2.75) is 62.9 Å². The fourth-order valence-corrected chi connectivity index (χ4v) is 5.01. The van der Waals surface area contributed by atoms with Crippen molar-refractivity contribution < 1.29 is 14.3 Å². The van der Waals surface area contributed by atoms with E-state index in [1.54, 1.807) is 18.3 Å². The minimum absolute atomic E-state index is 0.00781. The second-order valence-electron chi connectivity index (χ2n) is 9.48. The van der Waals surface area contributed by atoms with Crippen molar-refractivity contribution in [1.82, 2.24) is 14.9 Å². The molecular weight excluding hydrogens is 407 g/mol. The van der Waals surface area contributed by atoms with Gasteiger partial charge in [0, 0.05) is 50.4 Å². The third-order valence-corrected chi connectivity index (χ3v) is 6.79. The first kappa shape index (κ1) is 22.6. The van der Waals surface area contributed by atoms with E-state index in [4.69, 9.17) is 4.98 Å². The lowest BCUT2D eigenvalue weighted by Crippen LogP contribution is -2.44. The summed E-state index contributed by atoms with van der Waals surface area (Å²) in [6.45, 7) is 1.21. The van der Waals surface area contributed by atoms with Crippen LogP contribution >= 0.6 is 0 Å². The van der Waals surface area contributed by atoms with Gasteiger partial charge in [-0.1, -0.05) is 37.5 Å². The summed E-state index contributed by atoms with van der Waals surface area (Å²) in [7, 11) is 3.76. The summed E-state index contributed by atoms with van der Waals surface area (Å²) in [5.41, 5.74) is 1.07. The van der Waals surface area contributed by atoms with Gasteiger partial charge in [-0.05, 0) is 31.7 Å². The molecule has 172 valence electrons. The van der Waals surface area contributed by atoms with Gasteiger partial charge in [0.25, 0.3) is 0 Å². The van der Waals surface area contributed by atoms with Gasteiger partial charge in [0.2, 0.25) is 11.9 Å². The van der Waals surface area contributed by atoms with Crippen LogP contribution in [0.2, 0.25) is 0 Å². The molecule has 0 spiro atoms. The summed E-state index contributed by atoms with van der Waals surface area (Å²) in [6, 6.07) is 6.67. The number of aliphatic hydroxyl groups is 1. The number of hydrogen-bond donors (Lipinski definition) is 1. The van der Waals surface area contributed by atoms with E-state index in [2.05, 4.69) is 4.98 Å². The zero-order valence-corrected chi connectivity index (χ0v) is 19.1. The van der Waals surface area contributed by atoms with Gasteiger partial charge in [-0.25, -0.2) is 14.4 Å². The molecule has 1 aromatic heterocycles. The molecule has 2 heterocycles. The zero-order chi connectivity index (χ0) is 22.7. The zero-order valence-electron chi connectivity index (χ0n) is 19.1. The summed E-state index contributed by atoms with van der Waals surface area (Å²) in [4.78, 5) is 26.0. The molecule has 1 amide bonds. The number of nitrogens with zero attached hydrogens (tertiary/aromatic N) is 4. The highest BCUT2D eigenvalue weighted by Crippen LogP contribution is 2.36. The highest BCUT2D eigenvalue weighted by Gasteiger charge is 2.35. The number of anilines is 1. The monoisotopic (exact) mass is 440 g/mol. The molecule has 1 atom stereocenters. The second-order valence-corrected chi connectivity index (χ2v) is 9.48. The normalized spacial score (nSPS) is 20.8. The maximum atomic E-state index is 14.6. The summed E-state index contributed by atoms with van der Waals surface area (Å²) in [5.74, 6) is 0.261. The van der Waals surface area contributed by atoms with Gasteiger partial charge in [-0.2, -0.15) is 0 Å². The Bertz CT molecular complexity index is 959. The number of hydrogen-bond acceptors (Lipinski definition) is 5. The fraction of sp³-hybridized carbons (Fsp3) is 0.560. The molecule has 0 unspecified atom stereocenters. The first-order valence-corrected chi connectivity index (χ1v) is 11.7. The van der Waals surface area contributed by atoms with Crippen molar-refractivity contribution in [3.8, 4) is 11.1 Å². The van der Waals surface area contributed by atoms with Crippen molar-refractivity contribution in [1.29, 1.82) is 0 Å². The van der Waals surface area contributed by atoms with E-state index in [0.717, 1.165) is 37.8 Å². The molecule has 4 rings (SSSR count). The summed E-state index contributed by atoms with van der Waals surface area (Å²) < 4.78 is 14.6. The van der Waals surface area contributed by atoms with E-state index >= 15 is 0 Å². The van der Waals surface area contributed by atoms with Crippen LogP contribution in [-0.4, -0.2) is 58.7 Å². The minimum Gasteiger partial charge on any atom is -0.389 e. The third kappa shape index (κ3) is 4.93. The first-order chi connectivity index (χ1) is 15.4. The second kappa shape index (κ2) is 9.53. The van der Waals surface area contributed by atoms with Crippen LogP contribution in [0.5, 0.6) is 0 Å². The number of carbonyl (C=O) groups is 1. The standard InChI is InChI=1S/C25H33FN4O2/c1-29(2)24-27-16-20(19-10-4-5-11-21(19)26)23(28-24)18-9-8-14-30(17-18)22(31)15-25(32)12-6-3-7-13-25/h4-5,10-11,16,18,32H,3,6-9,12-15,17H2,1-2H3/t18-/m0/s1. The quantitative estimate of drug-likeness (QED) is 0.757. The van der Waals surface area contributed by atoms with Crippen LogP contribution in [0.3, 0.4) is 0 Å². The van der Waals surface area contributed by atoms with Crippen LogP contribution in [-0.2, 0) is 4.79 Å². The Morgan fingerprint density at radius 1 is 1.19 bits per heavy atom. The smallest absolute Gasteiger partial charge is 0.225 e. The van der Waals surface area contributed by atoms with E-state index < -0.39 is 5.60 Å².